The Morgan fingerprint density at radius 3 is 1.06 bits per heavy atom. The molecule has 2 aliphatic rings. The van der Waals surface area contributed by atoms with E-state index in [1.165, 1.54) is 6.07 Å². The predicted molar refractivity (Wildman–Crippen MR) is 218 cm³/mol. The fourth-order valence-corrected chi connectivity index (χ4v) is 13.9. The van der Waals surface area contributed by atoms with E-state index in [2.05, 4.69) is 29.9 Å². The first-order valence-electron chi connectivity index (χ1n) is 17.9. The fourth-order valence-electron chi connectivity index (χ4n) is 7.74. The van der Waals surface area contributed by atoms with E-state index in [9.17, 15) is 74.1 Å². The van der Waals surface area contributed by atoms with Crippen molar-refractivity contribution >= 4 is 83.1 Å². The molecular weight excluding hydrogens is 904 g/mol. The van der Waals surface area contributed by atoms with Gasteiger partial charge >= 0.3 is 323 Å². The van der Waals surface area contributed by atoms with Gasteiger partial charge in [0.15, 0.2) is 0 Å². The molecule has 9 N–H and O–H groups in total. The Balaban J connectivity index is 1.49. The number of hydrogen-bond donors (Lipinski definition) is 9. The first-order chi connectivity index (χ1) is 30.7. The number of carbonyl (C=O) groups is 8. The molecule has 25 heteroatoms. The van der Waals surface area contributed by atoms with Crippen LogP contribution in [0.4, 0.5) is 38.4 Å². The summed E-state index contributed by atoms with van der Waals surface area (Å²) in [5, 5.41) is 75.0. The summed E-state index contributed by atoms with van der Waals surface area (Å²) in [6, 6.07) is 23.0. The Bertz CT molecular complexity index is 3600. The first-order valence-corrected chi connectivity index (χ1v) is 22.3. The van der Waals surface area contributed by atoms with E-state index in [1.807, 2.05) is 6.07 Å². The average Bonchev–Trinajstić information content (AvgIpc) is 4.00. The van der Waals surface area contributed by atoms with Crippen molar-refractivity contribution in [2.75, 3.05) is 0 Å². The van der Waals surface area contributed by atoms with Crippen molar-refractivity contribution in [2.24, 2.45) is 0 Å². The quantitative estimate of drug-likeness (QED) is 0.0613. The second-order valence-electron chi connectivity index (χ2n) is 14.4. The molecule has 24 nitrogen and oxygen atoms in total. The van der Waals surface area contributed by atoms with E-state index in [0.717, 1.165) is 6.07 Å². The molecule has 0 atom stereocenters. The molecule has 8 bridgehead atoms. The Hall–Kier alpha value is -9.48. The van der Waals surface area contributed by atoms with E-state index in [4.69, 9.17) is 14.7 Å². The van der Waals surface area contributed by atoms with Crippen molar-refractivity contribution in [2.45, 2.75) is 0 Å². The SMILES string of the molecule is O=[C](O)[Fe]([C](=O)O)([C](=O)O)([C](=O)O)([C](=O)O)([C](=O)O)([C](=O)O)[C](=O)Oc1cccc2c3nc4nc(nc5[nH]c(nc6nc(nc([nH]3)c12)-c1ccccc1-6)c1ccccc51)-c1ccccc1-4. The molecule has 0 fully saturated rings. The zero-order valence-corrected chi connectivity index (χ0v) is 33.1. The molecule has 0 radical (unpaired) electrons. The molecule has 0 spiro atoms. The van der Waals surface area contributed by atoms with Gasteiger partial charge < -0.3 is 0 Å². The van der Waals surface area contributed by atoms with Gasteiger partial charge in [-0.25, -0.2) is 0 Å². The molecule has 2 aliphatic heterocycles. The Kier molecular flexibility index (Phi) is 7.12. The van der Waals surface area contributed by atoms with Gasteiger partial charge in [0.05, 0.1) is 0 Å². The van der Waals surface area contributed by atoms with E-state index < -0.39 is 64.3 Å². The summed E-state index contributed by atoms with van der Waals surface area (Å²) in [5.41, 5.74) is 1.35. The number of rotatable bonds is 9. The third kappa shape index (κ3) is 3.18. The van der Waals surface area contributed by atoms with Gasteiger partial charge in [-0.3, -0.25) is 0 Å². The van der Waals surface area contributed by atoms with Gasteiger partial charge in [-0.15, -0.1) is 0 Å². The zero-order valence-electron chi connectivity index (χ0n) is 32.0. The van der Waals surface area contributed by atoms with E-state index in [1.54, 1.807) is 66.7 Å². The van der Waals surface area contributed by atoms with Gasteiger partial charge in [-0.2, -0.15) is 0 Å². The maximum atomic E-state index is 14.9. The normalized spacial score (nSPS) is 14.3. The van der Waals surface area contributed by atoms with E-state index in [-0.39, 0.29) is 39.9 Å². The monoisotopic (exact) mass is 928 g/mol. The summed E-state index contributed by atoms with van der Waals surface area (Å²) < 4.78 is 4.93. The number of carboxylic acid groups (broad SMARTS) is 7. The minimum atomic E-state index is -13.7. The number of aromatic nitrogens is 8. The van der Waals surface area contributed by atoms with Crippen LogP contribution in [-0.2, 0) is 8.62 Å². The second kappa shape index (κ2) is 11.3. The third-order valence-electron chi connectivity index (χ3n) is 11.9. The standard InChI is InChI=1S/C33H17N8O2.7CHO2.Fe/c42-16-43-24-15-7-14-23-25(24)33-40-31-22-13-6-5-12-21(22)29(38-31)36-27-18-9-2-1-8-17(18)26(34-27)35-28-19-10-3-4-11-20(19)30(37-28)39-32(23)41-33;7*2-1-3;/h1-15H,(H2,34,35,36,37,38,39,40,41);7*(H,2,3);. The van der Waals surface area contributed by atoms with E-state index in [0.29, 0.717) is 44.8 Å². The average molecular weight is 929 g/mol. The van der Waals surface area contributed by atoms with Gasteiger partial charge in [-0.05, 0) is 0 Å². The number of aromatic amines is 2. The number of nitrogens with one attached hydrogen (secondary N) is 2. The van der Waals surface area contributed by atoms with Crippen molar-refractivity contribution in [1.29, 1.82) is 0 Å². The molecule has 4 aromatic carbocycles. The number of fused-ring (bicyclic) bond motifs is 20. The molecule has 0 saturated carbocycles. The molecule has 9 rings (SSSR count). The Morgan fingerprint density at radius 1 is 0.385 bits per heavy atom. The minimum absolute atomic E-state index is 0.0401. The van der Waals surface area contributed by atoms with Crippen molar-refractivity contribution in [3.05, 3.63) is 91.0 Å². The second-order valence-corrected chi connectivity index (χ2v) is 25.9. The molecule has 5 heterocycles. The van der Waals surface area contributed by atoms with Crippen LogP contribution in [0.5, 0.6) is 5.75 Å². The Labute approximate surface area is 351 Å². The van der Waals surface area contributed by atoms with Crippen molar-refractivity contribution < 1.29 is 87.5 Å². The topological polar surface area (TPSA) is 396 Å². The maximum absolute atomic E-state index is 14.9. The molecular formula is C40H24FeN8O16. The van der Waals surface area contributed by atoms with Crippen molar-refractivity contribution in [3.63, 3.8) is 0 Å². The van der Waals surface area contributed by atoms with Gasteiger partial charge in [0, 0.05) is 5.39 Å². The van der Waals surface area contributed by atoms with Crippen LogP contribution in [0.15, 0.2) is 91.0 Å². The Morgan fingerprint density at radius 2 is 0.692 bits per heavy atom. The fraction of sp³-hybridized carbons (Fsp3) is 0. The third-order valence-corrected chi connectivity index (χ3v) is 25.2. The number of benzene rings is 4. The number of nitrogens with zero attached hydrogens (tertiary/aromatic N) is 6. The van der Waals surface area contributed by atoms with Crippen LogP contribution in [0.1, 0.15) is 0 Å². The van der Waals surface area contributed by atoms with Gasteiger partial charge in [-0.1, -0.05) is 24.3 Å². The number of hydrogen-bond acceptors (Lipinski definition) is 15. The van der Waals surface area contributed by atoms with Crippen LogP contribution in [0.25, 0.3) is 89.7 Å². The van der Waals surface area contributed by atoms with Crippen LogP contribution in [-0.4, -0.2) is 115 Å². The van der Waals surface area contributed by atoms with Gasteiger partial charge in [0.2, 0.25) is 0 Å². The summed E-state index contributed by atoms with van der Waals surface area (Å²) >= 11 is 0. The van der Waals surface area contributed by atoms with Crippen LogP contribution in [0, 0.1) is 0 Å². The van der Waals surface area contributed by atoms with Crippen molar-refractivity contribution in [3.8, 4) is 51.3 Å². The first kappa shape index (κ1) is 40.9. The molecule has 0 saturated heterocycles. The molecule has 65 heavy (non-hydrogen) atoms. The molecule has 0 amide bonds. The molecule has 7 aromatic rings. The summed E-state index contributed by atoms with van der Waals surface area (Å²) in [7, 11) is -13.7. The zero-order chi connectivity index (χ0) is 46.8. The molecule has 0 unspecified atom stereocenters. The summed E-state index contributed by atoms with van der Waals surface area (Å²) in [6.45, 7) is 0. The van der Waals surface area contributed by atoms with E-state index >= 15 is 0 Å². The summed E-state index contributed by atoms with van der Waals surface area (Å²) in [5.74, 6) is -1.42. The van der Waals surface area contributed by atoms with Gasteiger partial charge in [0.25, 0.3) is 0 Å². The molecule has 3 aromatic heterocycles. The summed E-state index contributed by atoms with van der Waals surface area (Å²) in [6.07, 6.45) is 0. The number of ether oxygens (including phenoxy) is 1. The van der Waals surface area contributed by atoms with Gasteiger partial charge in [0.1, 0.15) is 0 Å². The van der Waals surface area contributed by atoms with Crippen LogP contribution >= 0.6 is 0 Å². The predicted octanol–water partition coefficient (Wildman–Crippen LogP) is 8.41. The van der Waals surface area contributed by atoms with Crippen LogP contribution in [0.2, 0.25) is 0 Å². The van der Waals surface area contributed by atoms with Crippen molar-refractivity contribution in [1.82, 2.24) is 39.9 Å². The number of H-pyrrole nitrogens is 2. The molecule has 0 aliphatic carbocycles. The van der Waals surface area contributed by atoms with Crippen LogP contribution < -0.4 is 4.74 Å². The number of carbonyl (C=O) groups excluding carboxylic acids is 1. The summed E-state index contributed by atoms with van der Waals surface area (Å²) in [4.78, 5) is 107. The molecule has 328 valence electrons. The van der Waals surface area contributed by atoms with Crippen LogP contribution in [0.3, 0.4) is 0 Å².